The number of carbonyl (C=O) groups is 1. The van der Waals surface area contributed by atoms with Crippen LogP contribution in [0.3, 0.4) is 0 Å². The zero-order chi connectivity index (χ0) is 13.2. The smallest absolute Gasteiger partial charge is 0.168 e. The molecule has 0 atom stereocenters. The van der Waals surface area contributed by atoms with Crippen molar-refractivity contribution >= 4 is 5.78 Å². The molecule has 92 valence electrons. The predicted octanol–water partition coefficient (Wildman–Crippen LogP) is 3.37. The molecule has 0 fully saturated rings. The van der Waals surface area contributed by atoms with Gasteiger partial charge in [-0.15, -0.1) is 0 Å². The van der Waals surface area contributed by atoms with E-state index < -0.39 is 5.41 Å². The lowest BCUT2D eigenvalue weighted by Crippen LogP contribution is -2.21. The highest BCUT2D eigenvalue weighted by molar-refractivity contribution is 6.04. The van der Waals surface area contributed by atoms with Crippen molar-refractivity contribution < 1.29 is 4.79 Å². The quantitative estimate of drug-likeness (QED) is 0.756. The van der Waals surface area contributed by atoms with E-state index in [4.69, 9.17) is 0 Å². The molecule has 0 spiro atoms. The van der Waals surface area contributed by atoms with Crippen LogP contribution in [0.4, 0.5) is 0 Å². The van der Waals surface area contributed by atoms with Crippen LogP contribution in [0.25, 0.3) is 11.3 Å². The van der Waals surface area contributed by atoms with Gasteiger partial charge in [0.1, 0.15) is 0 Å². The summed E-state index contributed by atoms with van der Waals surface area (Å²) in [5, 5.41) is 0. The van der Waals surface area contributed by atoms with Gasteiger partial charge in [0.25, 0.3) is 0 Å². The van der Waals surface area contributed by atoms with Gasteiger partial charge >= 0.3 is 0 Å². The minimum atomic E-state index is -0.404. The number of rotatable bonds is 2. The van der Waals surface area contributed by atoms with E-state index in [1.807, 2.05) is 45.0 Å². The van der Waals surface area contributed by atoms with Gasteiger partial charge in [0, 0.05) is 28.9 Å². The fourth-order valence-electron chi connectivity index (χ4n) is 1.75. The van der Waals surface area contributed by atoms with Crippen molar-refractivity contribution in [1.82, 2.24) is 9.97 Å². The van der Waals surface area contributed by atoms with Gasteiger partial charge in [-0.05, 0) is 0 Å². The van der Waals surface area contributed by atoms with Crippen LogP contribution in [0.5, 0.6) is 0 Å². The van der Waals surface area contributed by atoms with E-state index >= 15 is 0 Å². The molecule has 0 amide bonds. The molecule has 0 aliphatic heterocycles. The van der Waals surface area contributed by atoms with Gasteiger partial charge in [-0.2, -0.15) is 0 Å². The number of ketones is 1. The van der Waals surface area contributed by atoms with Crippen LogP contribution in [0.1, 0.15) is 31.1 Å². The summed E-state index contributed by atoms with van der Waals surface area (Å²) in [6, 6.07) is 7.53. The zero-order valence-electron chi connectivity index (χ0n) is 10.8. The Hall–Kier alpha value is -2.03. The summed E-state index contributed by atoms with van der Waals surface area (Å²) in [6.45, 7) is 5.76. The van der Waals surface area contributed by atoms with Crippen molar-refractivity contribution in [3.05, 3.63) is 48.4 Å². The first kappa shape index (κ1) is 12.4. The van der Waals surface area contributed by atoms with E-state index in [0.29, 0.717) is 5.56 Å². The molecule has 0 aliphatic rings. The Labute approximate surface area is 107 Å². The first-order valence-electron chi connectivity index (χ1n) is 5.90. The van der Waals surface area contributed by atoms with Gasteiger partial charge < -0.3 is 0 Å². The maximum atomic E-state index is 12.4. The summed E-state index contributed by atoms with van der Waals surface area (Å²) in [5.41, 5.74) is 1.86. The van der Waals surface area contributed by atoms with E-state index in [0.717, 1.165) is 11.3 Å². The highest BCUT2D eigenvalue weighted by Crippen LogP contribution is 2.27. The molecule has 0 saturated carbocycles. The molecule has 0 bridgehead atoms. The van der Waals surface area contributed by atoms with Crippen LogP contribution < -0.4 is 0 Å². The molecule has 18 heavy (non-hydrogen) atoms. The number of hydrogen-bond acceptors (Lipinski definition) is 3. The maximum absolute atomic E-state index is 12.4. The standard InChI is InChI=1S/C15H16N2O/c1-15(2,3)14(18)12-7-5-4-6-11(12)13-10-16-8-9-17-13/h4-10H,1-3H3. The average Bonchev–Trinajstić information content (AvgIpc) is 2.38. The Balaban J connectivity index is 2.54. The van der Waals surface area contributed by atoms with E-state index in [9.17, 15) is 4.79 Å². The summed E-state index contributed by atoms with van der Waals surface area (Å²) < 4.78 is 0. The van der Waals surface area contributed by atoms with Gasteiger partial charge in [0.05, 0.1) is 11.9 Å². The molecule has 1 heterocycles. The van der Waals surface area contributed by atoms with Crippen molar-refractivity contribution in [2.45, 2.75) is 20.8 Å². The number of benzene rings is 1. The molecular weight excluding hydrogens is 224 g/mol. The molecule has 0 radical (unpaired) electrons. The van der Waals surface area contributed by atoms with Gasteiger partial charge in [0.2, 0.25) is 0 Å². The topological polar surface area (TPSA) is 42.9 Å². The Morgan fingerprint density at radius 1 is 1.11 bits per heavy atom. The normalized spacial score (nSPS) is 11.3. The van der Waals surface area contributed by atoms with E-state index in [2.05, 4.69) is 9.97 Å². The highest BCUT2D eigenvalue weighted by Gasteiger charge is 2.25. The maximum Gasteiger partial charge on any atom is 0.168 e. The van der Waals surface area contributed by atoms with Gasteiger partial charge in [-0.1, -0.05) is 45.0 Å². The minimum Gasteiger partial charge on any atom is -0.294 e. The number of Topliss-reactive ketones (excluding diaryl/α,β-unsaturated/α-hetero) is 1. The fourth-order valence-corrected chi connectivity index (χ4v) is 1.75. The van der Waals surface area contributed by atoms with E-state index in [-0.39, 0.29) is 5.78 Å². The lowest BCUT2D eigenvalue weighted by Gasteiger charge is -2.18. The molecule has 1 aromatic heterocycles. The van der Waals surface area contributed by atoms with Gasteiger partial charge in [-0.3, -0.25) is 14.8 Å². The number of carbonyl (C=O) groups excluding carboxylic acids is 1. The van der Waals surface area contributed by atoms with Crippen LogP contribution in [0.2, 0.25) is 0 Å². The number of hydrogen-bond donors (Lipinski definition) is 0. The molecular formula is C15H16N2O. The van der Waals surface area contributed by atoms with E-state index in [1.165, 1.54) is 0 Å². The van der Waals surface area contributed by atoms with Crippen molar-refractivity contribution in [2.75, 3.05) is 0 Å². The zero-order valence-corrected chi connectivity index (χ0v) is 10.8. The number of nitrogens with zero attached hydrogens (tertiary/aromatic N) is 2. The van der Waals surface area contributed by atoms with E-state index in [1.54, 1.807) is 18.6 Å². The molecule has 0 N–H and O–H groups in total. The van der Waals surface area contributed by atoms with Crippen molar-refractivity contribution in [3.8, 4) is 11.3 Å². The summed E-state index contributed by atoms with van der Waals surface area (Å²) in [5.74, 6) is 0.115. The lowest BCUT2D eigenvalue weighted by atomic mass is 9.84. The highest BCUT2D eigenvalue weighted by atomic mass is 16.1. The van der Waals surface area contributed by atoms with Crippen LogP contribution >= 0.6 is 0 Å². The largest absolute Gasteiger partial charge is 0.294 e. The number of aromatic nitrogens is 2. The summed E-state index contributed by atoms with van der Waals surface area (Å²) in [7, 11) is 0. The molecule has 3 nitrogen and oxygen atoms in total. The minimum absolute atomic E-state index is 0.115. The van der Waals surface area contributed by atoms with Gasteiger partial charge in [0.15, 0.2) is 5.78 Å². The third kappa shape index (κ3) is 2.45. The second-order valence-electron chi connectivity index (χ2n) is 5.22. The monoisotopic (exact) mass is 240 g/mol. The Morgan fingerprint density at radius 3 is 2.44 bits per heavy atom. The molecule has 2 aromatic rings. The van der Waals surface area contributed by atoms with Gasteiger partial charge in [-0.25, -0.2) is 0 Å². The second-order valence-corrected chi connectivity index (χ2v) is 5.22. The Bertz CT molecular complexity index is 556. The third-order valence-electron chi connectivity index (χ3n) is 2.69. The van der Waals surface area contributed by atoms with Crippen LogP contribution in [0, 0.1) is 5.41 Å². The predicted molar refractivity (Wildman–Crippen MR) is 71.3 cm³/mol. The van der Waals surface area contributed by atoms with Crippen LogP contribution in [0.15, 0.2) is 42.9 Å². The second kappa shape index (κ2) is 4.69. The van der Waals surface area contributed by atoms with Crippen molar-refractivity contribution in [2.24, 2.45) is 5.41 Å². The molecule has 0 aliphatic carbocycles. The molecule has 0 unspecified atom stereocenters. The SMILES string of the molecule is CC(C)(C)C(=O)c1ccccc1-c1cnccn1. The third-order valence-corrected chi connectivity index (χ3v) is 2.69. The van der Waals surface area contributed by atoms with Crippen LogP contribution in [-0.4, -0.2) is 15.8 Å². The first-order valence-corrected chi connectivity index (χ1v) is 5.90. The molecule has 0 saturated heterocycles. The van der Waals surface area contributed by atoms with Crippen molar-refractivity contribution in [3.63, 3.8) is 0 Å². The Morgan fingerprint density at radius 2 is 1.83 bits per heavy atom. The average molecular weight is 240 g/mol. The molecule has 2 rings (SSSR count). The summed E-state index contributed by atoms with van der Waals surface area (Å²) >= 11 is 0. The fraction of sp³-hybridized carbons (Fsp3) is 0.267. The summed E-state index contributed by atoms with van der Waals surface area (Å²) in [4.78, 5) is 20.7. The first-order chi connectivity index (χ1) is 8.50. The Kier molecular flexibility index (Phi) is 3.24. The summed E-state index contributed by atoms with van der Waals surface area (Å²) in [6.07, 6.45) is 4.93. The van der Waals surface area contributed by atoms with Crippen LogP contribution in [-0.2, 0) is 0 Å². The van der Waals surface area contributed by atoms with Crippen molar-refractivity contribution in [1.29, 1.82) is 0 Å². The lowest BCUT2D eigenvalue weighted by molar-refractivity contribution is 0.0859. The molecule has 1 aromatic carbocycles. The molecule has 3 heteroatoms.